The van der Waals surface area contributed by atoms with Gasteiger partial charge in [-0.25, -0.2) is 9.97 Å². The van der Waals surface area contributed by atoms with Gasteiger partial charge in [-0.2, -0.15) is 0 Å². The molecule has 0 aliphatic carbocycles. The Kier molecular flexibility index (Phi) is 5.18. The van der Waals surface area contributed by atoms with E-state index >= 15 is 0 Å². The van der Waals surface area contributed by atoms with Crippen LogP contribution >= 0.6 is 0 Å². The van der Waals surface area contributed by atoms with E-state index in [0.29, 0.717) is 5.92 Å². The number of hydrogen-bond donors (Lipinski definition) is 0. The molecule has 3 heterocycles. The Labute approximate surface area is 156 Å². The van der Waals surface area contributed by atoms with E-state index in [-0.39, 0.29) is 0 Å². The van der Waals surface area contributed by atoms with Crippen LogP contribution in [-0.2, 0) is 11.3 Å². The first-order valence-electron chi connectivity index (χ1n) is 9.63. The number of anilines is 1. The van der Waals surface area contributed by atoms with Gasteiger partial charge in [0.25, 0.3) is 0 Å². The number of ether oxygens (including phenoxy) is 1. The van der Waals surface area contributed by atoms with Gasteiger partial charge in [0.1, 0.15) is 11.6 Å². The van der Waals surface area contributed by atoms with Crippen LogP contribution in [0.3, 0.4) is 0 Å². The third kappa shape index (κ3) is 4.05. The fourth-order valence-electron chi connectivity index (χ4n) is 3.92. The highest BCUT2D eigenvalue weighted by Gasteiger charge is 2.23. The predicted molar refractivity (Wildman–Crippen MR) is 104 cm³/mol. The molecule has 4 rings (SSSR count). The summed E-state index contributed by atoms with van der Waals surface area (Å²) in [6, 6.07) is 11.0. The first-order chi connectivity index (χ1) is 12.7. The Morgan fingerprint density at radius 1 is 1.08 bits per heavy atom. The summed E-state index contributed by atoms with van der Waals surface area (Å²) in [5.41, 5.74) is 3.88. The maximum atomic E-state index is 5.54. The maximum Gasteiger partial charge on any atom is 0.132 e. The Bertz CT molecular complexity index is 749. The van der Waals surface area contributed by atoms with Crippen LogP contribution in [0.5, 0.6) is 0 Å². The van der Waals surface area contributed by atoms with Gasteiger partial charge in [0, 0.05) is 51.3 Å². The molecule has 2 saturated heterocycles. The summed E-state index contributed by atoms with van der Waals surface area (Å²) in [6.45, 7) is 11.0. The van der Waals surface area contributed by atoms with Gasteiger partial charge in [0.15, 0.2) is 0 Å². The quantitative estimate of drug-likeness (QED) is 0.846. The summed E-state index contributed by atoms with van der Waals surface area (Å²) in [6.07, 6.45) is 1.07. The van der Waals surface area contributed by atoms with Crippen molar-refractivity contribution in [1.82, 2.24) is 14.9 Å². The number of rotatable bonds is 4. The van der Waals surface area contributed by atoms with E-state index in [2.05, 4.69) is 52.0 Å². The van der Waals surface area contributed by atoms with Crippen molar-refractivity contribution < 1.29 is 4.74 Å². The zero-order valence-corrected chi connectivity index (χ0v) is 15.8. The molecule has 138 valence electrons. The lowest BCUT2D eigenvalue weighted by molar-refractivity contribution is 0.193. The molecule has 2 aliphatic rings. The van der Waals surface area contributed by atoms with Gasteiger partial charge in [-0.1, -0.05) is 29.8 Å². The van der Waals surface area contributed by atoms with Crippen molar-refractivity contribution in [2.75, 3.05) is 44.3 Å². The van der Waals surface area contributed by atoms with E-state index in [9.17, 15) is 0 Å². The summed E-state index contributed by atoms with van der Waals surface area (Å²) in [5.74, 6) is 2.37. The predicted octanol–water partition coefficient (Wildman–Crippen LogP) is 2.92. The van der Waals surface area contributed by atoms with Crippen LogP contribution in [0.1, 0.15) is 35.0 Å². The molecule has 0 unspecified atom stereocenters. The van der Waals surface area contributed by atoms with E-state index in [4.69, 9.17) is 9.72 Å². The second-order valence-corrected chi connectivity index (χ2v) is 7.51. The average Bonchev–Trinajstić information content (AvgIpc) is 3.17. The Balaban J connectivity index is 1.40. The SMILES string of the molecule is Cc1cccc(CN2CCN(c3cc([C@@H]4CCOC4)nc(C)n3)CC2)c1. The molecule has 2 fully saturated rings. The topological polar surface area (TPSA) is 41.5 Å². The minimum Gasteiger partial charge on any atom is -0.381 e. The molecule has 5 heteroatoms. The van der Waals surface area contributed by atoms with Gasteiger partial charge in [-0.3, -0.25) is 4.90 Å². The number of piperazine rings is 1. The lowest BCUT2D eigenvalue weighted by Gasteiger charge is -2.35. The molecule has 0 bridgehead atoms. The van der Waals surface area contributed by atoms with Gasteiger partial charge in [0.05, 0.1) is 12.3 Å². The highest BCUT2D eigenvalue weighted by atomic mass is 16.5. The van der Waals surface area contributed by atoms with Gasteiger partial charge >= 0.3 is 0 Å². The van der Waals surface area contributed by atoms with Crippen molar-refractivity contribution in [1.29, 1.82) is 0 Å². The Morgan fingerprint density at radius 2 is 1.92 bits per heavy atom. The van der Waals surface area contributed by atoms with Crippen molar-refractivity contribution in [3.05, 3.63) is 53.0 Å². The van der Waals surface area contributed by atoms with E-state index in [1.807, 2.05) is 6.92 Å². The Morgan fingerprint density at radius 3 is 2.65 bits per heavy atom. The first-order valence-corrected chi connectivity index (χ1v) is 9.63. The summed E-state index contributed by atoms with van der Waals surface area (Å²) in [5, 5.41) is 0. The molecule has 2 aromatic rings. The molecule has 0 spiro atoms. The summed E-state index contributed by atoms with van der Waals surface area (Å²) in [7, 11) is 0. The first kappa shape index (κ1) is 17.4. The lowest BCUT2D eigenvalue weighted by atomic mass is 10.0. The second-order valence-electron chi connectivity index (χ2n) is 7.51. The van der Waals surface area contributed by atoms with Gasteiger partial charge in [-0.15, -0.1) is 0 Å². The van der Waals surface area contributed by atoms with E-state index in [1.54, 1.807) is 0 Å². The van der Waals surface area contributed by atoms with E-state index in [1.165, 1.54) is 11.1 Å². The summed E-state index contributed by atoms with van der Waals surface area (Å²) in [4.78, 5) is 14.3. The van der Waals surface area contributed by atoms with Crippen molar-refractivity contribution in [3.63, 3.8) is 0 Å². The molecular formula is C21H28N4O. The van der Waals surface area contributed by atoms with E-state index in [0.717, 1.165) is 69.7 Å². The number of hydrogen-bond acceptors (Lipinski definition) is 5. The van der Waals surface area contributed by atoms with Crippen LogP contribution < -0.4 is 4.90 Å². The molecule has 0 radical (unpaired) electrons. The van der Waals surface area contributed by atoms with E-state index < -0.39 is 0 Å². The van der Waals surface area contributed by atoms with Crippen LogP contribution in [0, 0.1) is 13.8 Å². The summed E-state index contributed by atoms with van der Waals surface area (Å²) < 4.78 is 5.54. The molecule has 0 N–H and O–H groups in total. The zero-order valence-electron chi connectivity index (χ0n) is 15.8. The Hall–Kier alpha value is -1.98. The van der Waals surface area contributed by atoms with Crippen LogP contribution in [0.15, 0.2) is 30.3 Å². The molecule has 5 nitrogen and oxygen atoms in total. The van der Waals surface area contributed by atoms with Crippen LogP contribution in [0.25, 0.3) is 0 Å². The van der Waals surface area contributed by atoms with Gasteiger partial charge < -0.3 is 9.64 Å². The molecule has 1 atom stereocenters. The molecule has 1 aromatic carbocycles. The number of aromatic nitrogens is 2. The van der Waals surface area contributed by atoms with Crippen molar-refractivity contribution in [3.8, 4) is 0 Å². The lowest BCUT2D eigenvalue weighted by Crippen LogP contribution is -2.46. The third-order valence-corrected chi connectivity index (χ3v) is 5.38. The molecule has 0 amide bonds. The van der Waals surface area contributed by atoms with Gasteiger partial charge in [0.2, 0.25) is 0 Å². The number of nitrogens with zero attached hydrogens (tertiary/aromatic N) is 4. The minimum atomic E-state index is 0.429. The number of aryl methyl sites for hydroxylation is 2. The fraction of sp³-hybridized carbons (Fsp3) is 0.524. The monoisotopic (exact) mass is 352 g/mol. The van der Waals surface area contributed by atoms with Crippen LogP contribution in [0.4, 0.5) is 5.82 Å². The normalized spacial score (nSPS) is 21.3. The minimum absolute atomic E-state index is 0.429. The van der Waals surface area contributed by atoms with Crippen molar-refractivity contribution in [2.24, 2.45) is 0 Å². The van der Waals surface area contributed by atoms with Crippen LogP contribution in [-0.4, -0.2) is 54.3 Å². The average molecular weight is 352 g/mol. The highest BCUT2D eigenvalue weighted by Crippen LogP contribution is 2.26. The van der Waals surface area contributed by atoms with Crippen LogP contribution in [0.2, 0.25) is 0 Å². The largest absolute Gasteiger partial charge is 0.381 e. The molecule has 1 aromatic heterocycles. The number of benzene rings is 1. The molecule has 0 saturated carbocycles. The smallest absolute Gasteiger partial charge is 0.132 e. The zero-order chi connectivity index (χ0) is 17.9. The molecule has 26 heavy (non-hydrogen) atoms. The van der Waals surface area contributed by atoms with Gasteiger partial charge in [-0.05, 0) is 25.8 Å². The fourth-order valence-corrected chi connectivity index (χ4v) is 3.92. The van der Waals surface area contributed by atoms with Crippen molar-refractivity contribution in [2.45, 2.75) is 32.7 Å². The third-order valence-electron chi connectivity index (χ3n) is 5.38. The standard InChI is InChI=1S/C21H28N4O/c1-16-4-3-5-18(12-16)14-24-7-9-25(10-8-24)21-13-20(22-17(2)23-21)19-6-11-26-15-19/h3-5,12-13,19H,6-11,14-15H2,1-2H3/t19-/m1/s1. The molecule has 2 aliphatic heterocycles. The maximum absolute atomic E-state index is 5.54. The summed E-state index contributed by atoms with van der Waals surface area (Å²) >= 11 is 0. The van der Waals surface area contributed by atoms with Crippen molar-refractivity contribution >= 4 is 5.82 Å². The second kappa shape index (κ2) is 7.72. The highest BCUT2D eigenvalue weighted by molar-refractivity contribution is 5.41. The molecular weight excluding hydrogens is 324 g/mol.